The molecule has 1 aliphatic carbocycles. The minimum atomic E-state index is 1.01. The van der Waals surface area contributed by atoms with E-state index in [4.69, 9.17) is 0 Å². The maximum absolute atomic E-state index is 3.40. The molecule has 0 aromatic rings. The molecule has 1 saturated carbocycles. The van der Waals surface area contributed by atoms with Crippen LogP contribution < -0.4 is 5.32 Å². The van der Waals surface area contributed by atoms with E-state index in [9.17, 15) is 0 Å². The topological polar surface area (TPSA) is 12.0 Å². The largest absolute Gasteiger partial charge is 0.313 e. The third kappa shape index (κ3) is 3.67. The molecule has 1 N–H and O–H groups in total. The molecule has 0 spiro atoms. The Morgan fingerprint density at radius 3 is 2.80 bits per heavy atom. The minimum Gasteiger partial charge on any atom is -0.313 e. The fourth-order valence-electron chi connectivity index (χ4n) is 0.943. The molecule has 0 radical (unpaired) electrons. The highest BCUT2D eigenvalue weighted by Gasteiger charge is 2.19. The average Bonchev–Trinajstić information content (AvgIpc) is 2.71. The fraction of sp³-hybridized carbons (Fsp3) is 0.778. The maximum atomic E-state index is 3.40. The summed E-state index contributed by atoms with van der Waals surface area (Å²) < 4.78 is 0. The van der Waals surface area contributed by atoms with Gasteiger partial charge in [0.15, 0.2) is 0 Å². The van der Waals surface area contributed by atoms with Crippen LogP contribution in [0.5, 0.6) is 0 Å². The van der Waals surface area contributed by atoms with E-state index in [1.165, 1.54) is 19.4 Å². The zero-order valence-electron chi connectivity index (χ0n) is 6.77. The Labute approximate surface area is 63.5 Å². The molecule has 0 amide bonds. The summed E-state index contributed by atoms with van der Waals surface area (Å²) in [5.41, 5.74) is 0. The Balaban J connectivity index is 1.80. The third-order valence-electron chi connectivity index (χ3n) is 1.79. The Morgan fingerprint density at radius 2 is 2.20 bits per heavy atom. The van der Waals surface area contributed by atoms with E-state index in [-0.39, 0.29) is 0 Å². The fourth-order valence-corrected chi connectivity index (χ4v) is 0.943. The highest BCUT2D eigenvalue weighted by atomic mass is 14.9. The first-order chi connectivity index (χ1) is 4.93. The molecule has 0 saturated heterocycles. The first-order valence-corrected chi connectivity index (χ1v) is 4.29. The summed E-state index contributed by atoms with van der Waals surface area (Å²) >= 11 is 0. The van der Waals surface area contributed by atoms with Crippen molar-refractivity contribution in [1.29, 1.82) is 0 Å². The highest BCUT2D eigenvalue weighted by molar-refractivity contribution is 4.84. The van der Waals surface area contributed by atoms with Gasteiger partial charge < -0.3 is 5.32 Å². The van der Waals surface area contributed by atoms with Gasteiger partial charge in [0, 0.05) is 6.54 Å². The maximum Gasteiger partial charge on any atom is 0.0135 e. The number of hydrogen-bond donors (Lipinski definition) is 1. The zero-order chi connectivity index (χ0) is 7.23. The smallest absolute Gasteiger partial charge is 0.0135 e. The van der Waals surface area contributed by atoms with Crippen LogP contribution in [0.3, 0.4) is 0 Å². The molecule has 0 unspecified atom stereocenters. The number of rotatable bonds is 5. The van der Waals surface area contributed by atoms with E-state index in [1.807, 2.05) is 0 Å². The van der Waals surface area contributed by atoms with Gasteiger partial charge in [0.1, 0.15) is 0 Å². The van der Waals surface area contributed by atoms with Gasteiger partial charge in [0.2, 0.25) is 0 Å². The first kappa shape index (κ1) is 7.80. The molecule has 1 aliphatic rings. The Hall–Kier alpha value is -0.300. The van der Waals surface area contributed by atoms with Gasteiger partial charge in [-0.1, -0.05) is 19.1 Å². The average molecular weight is 139 g/mol. The van der Waals surface area contributed by atoms with Gasteiger partial charge in [0.25, 0.3) is 0 Å². The molecule has 0 heterocycles. The van der Waals surface area contributed by atoms with Gasteiger partial charge in [-0.15, -0.1) is 0 Å². The van der Waals surface area contributed by atoms with Gasteiger partial charge in [-0.3, -0.25) is 0 Å². The van der Waals surface area contributed by atoms with Crippen LogP contribution in [-0.2, 0) is 0 Å². The quantitative estimate of drug-likeness (QED) is 0.453. The van der Waals surface area contributed by atoms with E-state index < -0.39 is 0 Å². The summed E-state index contributed by atoms with van der Waals surface area (Å²) in [5.74, 6) is 1.01. The van der Waals surface area contributed by atoms with Crippen LogP contribution in [0.4, 0.5) is 0 Å². The van der Waals surface area contributed by atoms with Crippen LogP contribution in [0.2, 0.25) is 0 Å². The van der Waals surface area contributed by atoms with E-state index in [2.05, 4.69) is 24.4 Å². The molecular weight excluding hydrogens is 122 g/mol. The molecule has 1 nitrogen and oxygen atoms in total. The van der Waals surface area contributed by atoms with Gasteiger partial charge in [-0.2, -0.15) is 0 Å². The Morgan fingerprint density at radius 1 is 1.40 bits per heavy atom. The molecule has 0 bridgehead atoms. The van der Waals surface area contributed by atoms with Crippen molar-refractivity contribution in [2.45, 2.75) is 26.2 Å². The predicted octanol–water partition coefficient (Wildman–Crippen LogP) is 1.95. The summed E-state index contributed by atoms with van der Waals surface area (Å²) in [6, 6.07) is 0. The van der Waals surface area contributed by atoms with Gasteiger partial charge in [0.05, 0.1) is 0 Å². The molecule has 0 aromatic carbocycles. The molecule has 1 rings (SSSR count). The highest BCUT2D eigenvalue weighted by Crippen LogP contribution is 2.27. The Kier molecular flexibility index (Phi) is 3.52. The molecule has 0 aliphatic heterocycles. The van der Waals surface area contributed by atoms with Crippen LogP contribution in [0.15, 0.2) is 12.2 Å². The molecular formula is C9H17N. The molecule has 58 valence electrons. The number of nitrogens with one attached hydrogen (secondary N) is 1. The summed E-state index contributed by atoms with van der Waals surface area (Å²) in [6.45, 7) is 4.45. The molecule has 10 heavy (non-hydrogen) atoms. The van der Waals surface area contributed by atoms with Gasteiger partial charge >= 0.3 is 0 Å². The Bertz CT molecular complexity index is 103. The van der Waals surface area contributed by atoms with Crippen LogP contribution in [0.1, 0.15) is 26.2 Å². The van der Waals surface area contributed by atoms with E-state index in [0.29, 0.717) is 0 Å². The van der Waals surface area contributed by atoms with Crippen molar-refractivity contribution < 1.29 is 0 Å². The molecule has 0 aromatic heterocycles. The van der Waals surface area contributed by atoms with E-state index in [1.54, 1.807) is 0 Å². The lowest BCUT2D eigenvalue weighted by Gasteiger charge is -1.96. The summed E-state index contributed by atoms with van der Waals surface area (Å²) in [5, 5.41) is 3.40. The normalized spacial score (nSPS) is 18.5. The monoisotopic (exact) mass is 139 g/mol. The van der Waals surface area contributed by atoms with Crippen LogP contribution in [-0.4, -0.2) is 13.1 Å². The second kappa shape index (κ2) is 4.51. The van der Waals surface area contributed by atoms with E-state index >= 15 is 0 Å². The molecule has 0 atom stereocenters. The van der Waals surface area contributed by atoms with Crippen molar-refractivity contribution in [3.05, 3.63) is 12.2 Å². The van der Waals surface area contributed by atoms with Crippen LogP contribution >= 0.6 is 0 Å². The minimum absolute atomic E-state index is 1.01. The van der Waals surface area contributed by atoms with Crippen LogP contribution in [0, 0.1) is 5.92 Å². The van der Waals surface area contributed by atoms with E-state index in [0.717, 1.165) is 18.9 Å². The van der Waals surface area contributed by atoms with Crippen molar-refractivity contribution in [1.82, 2.24) is 5.32 Å². The van der Waals surface area contributed by atoms with Crippen LogP contribution in [0.25, 0.3) is 0 Å². The summed E-state index contributed by atoms with van der Waals surface area (Å²) in [6.07, 6.45) is 8.47. The van der Waals surface area contributed by atoms with Crippen molar-refractivity contribution in [2.24, 2.45) is 5.92 Å². The first-order valence-electron chi connectivity index (χ1n) is 4.29. The lowest BCUT2D eigenvalue weighted by atomic mass is 10.4. The summed E-state index contributed by atoms with van der Waals surface area (Å²) in [7, 11) is 0. The zero-order valence-corrected chi connectivity index (χ0v) is 6.77. The predicted molar refractivity (Wildman–Crippen MR) is 45.0 cm³/mol. The lowest BCUT2D eigenvalue weighted by Crippen LogP contribution is -2.16. The standard InChI is InChI=1S/C9H17N/c1-2-3-4-7-10-8-9-5-6-9/h3-4,9-10H,2,5-8H2,1H3/b4-3+. The van der Waals surface area contributed by atoms with Crippen molar-refractivity contribution in [2.75, 3.05) is 13.1 Å². The van der Waals surface area contributed by atoms with Crippen molar-refractivity contribution in [3.63, 3.8) is 0 Å². The second-order valence-electron chi connectivity index (χ2n) is 2.98. The summed E-state index contributed by atoms with van der Waals surface area (Å²) in [4.78, 5) is 0. The van der Waals surface area contributed by atoms with Gasteiger partial charge in [-0.25, -0.2) is 0 Å². The molecule has 1 fully saturated rings. The SMILES string of the molecule is CC/C=C/CNCC1CC1. The van der Waals surface area contributed by atoms with Crippen molar-refractivity contribution >= 4 is 0 Å². The number of hydrogen-bond acceptors (Lipinski definition) is 1. The second-order valence-corrected chi connectivity index (χ2v) is 2.98. The molecule has 1 heteroatoms. The number of allylic oxidation sites excluding steroid dienone is 1. The third-order valence-corrected chi connectivity index (χ3v) is 1.79. The lowest BCUT2D eigenvalue weighted by molar-refractivity contribution is 0.682. The van der Waals surface area contributed by atoms with Gasteiger partial charge in [-0.05, 0) is 31.7 Å². The van der Waals surface area contributed by atoms with Crippen molar-refractivity contribution in [3.8, 4) is 0 Å².